The third kappa shape index (κ3) is 3.13. The molecule has 2 aromatic rings. The average molecular weight is 258 g/mol. The minimum atomic E-state index is 0.619. The molecule has 5 nitrogen and oxygen atoms in total. The molecule has 5 heteroatoms. The summed E-state index contributed by atoms with van der Waals surface area (Å²) in [5.74, 6) is 2.22. The maximum atomic E-state index is 5.30. The molecule has 1 aromatic heterocycles. The first-order valence-corrected chi connectivity index (χ1v) is 6.22. The fourth-order valence-corrected chi connectivity index (χ4v) is 1.78. The molecule has 0 amide bonds. The molecule has 2 rings (SSSR count). The predicted octanol–water partition coefficient (Wildman–Crippen LogP) is 2.97. The standard InChI is InChI=1S/C14H18N4O/c1-4-15-14-16-9-8-13(18-14)17-11-6-5-7-12(19-3)10(11)2/h5-9H,4H2,1-3H3,(H2,15,16,17,18). The van der Waals surface area contributed by atoms with Crippen LogP contribution in [0.2, 0.25) is 0 Å². The number of nitrogens with one attached hydrogen (secondary N) is 2. The van der Waals surface area contributed by atoms with Crippen molar-refractivity contribution in [2.24, 2.45) is 0 Å². The molecule has 100 valence electrons. The van der Waals surface area contributed by atoms with E-state index in [1.54, 1.807) is 13.3 Å². The summed E-state index contributed by atoms with van der Waals surface area (Å²) >= 11 is 0. The van der Waals surface area contributed by atoms with Gasteiger partial charge in [0.05, 0.1) is 7.11 Å². The van der Waals surface area contributed by atoms with E-state index in [0.29, 0.717) is 5.95 Å². The molecule has 2 N–H and O–H groups in total. The summed E-state index contributed by atoms with van der Waals surface area (Å²) in [4.78, 5) is 8.52. The molecule has 0 saturated heterocycles. The SMILES string of the molecule is CCNc1nccc(Nc2cccc(OC)c2C)n1. The summed E-state index contributed by atoms with van der Waals surface area (Å²) in [6.45, 7) is 4.81. The topological polar surface area (TPSA) is 59.1 Å². The molecule has 0 aliphatic carbocycles. The van der Waals surface area contributed by atoms with Crippen LogP contribution in [0.1, 0.15) is 12.5 Å². The number of hydrogen-bond donors (Lipinski definition) is 2. The number of rotatable bonds is 5. The van der Waals surface area contributed by atoms with Gasteiger partial charge in [0.1, 0.15) is 11.6 Å². The summed E-state index contributed by atoms with van der Waals surface area (Å²) in [5, 5.41) is 6.36. The first-order chi connectivity index (χ1) is 9.24. The Labute approximate surface area is 113 Å². The first-order valence-electron chi connectivity index (χ1n) is 6.22. The number of benzene rings is 1. The van der Waals surface area contributed by atoms with Crippen LogP contribution >= 0.6 is 0 Å². The summed E-state index contributed by atoms with van der Waals surface area (Å²) in [6.07, 6.45) is 1.73. The highest BCUT2D eigenvalue weighted by atomic mass is 16.5. The van der Waals surface area contributed by atoms with Gasteiger partial charge in [0.15, 0.2) is 0 Å². The summed E-state index contributed by atoms with van der Waals surface area (Å²) in [7, 11) is 1.67. The third-order valence-corrected chi connectivity index (χ3v) is 2.76. The second kappa shape index (κ2) is 6.04. The zero-order valence-corrected chi connectivity index (χ0v) is 11.4. The molecule has 0 fully saturated rings. The first kappa shape index (κ1) is 13.1. The van der Waals surface area contributed by atoms with Crippen molar-refractivity contribution in [3.63, 3.8) is 0 Å². The van der Waals surface area contributed by atoms with Gasteiger partial charge in [-0.3, -0.25) is 0 Å². The molecule has 0 saturated carbocycles. The Balaban J connectivity index is 2.23. The molecule has 0 spiro atoms. The molecular weight excluding hydrogens is 240 g/mol. The van der Waals surface area contributed by atoms with Gasteiger partial charge < -0.3 is 15.4 Å². The van der Waals surface area contributed by atoms with Crippen LogP contribution in [0.3, 0.4) is 0 Å². The Bertz CT molecular complexity index is 557. The van der Waals surface area contributed by atoms with Gasteiger partial charge >= 0.3 is 0 Å². The minimum absolute atomic E-state index is 0.619. The summed E-state index contributed by atoms with van der Waals surface area (Å²) in [5.41, 5.74) is 2.02. The van der Waals surface area contributed by atoms with E-state index in [2.05, 4.69) is 20.6 Å². The zero-order valence-electron chi connectivity index (χ0n) is 11.4. The Morgan fingerprint density at radius 3 is 2.84 bits per heavy atom. The zero-order chi connectivity index (χ0) is 13.7. The van der Waals surface area contributed by atoms with E-state index >= 15 is 0 Å². The van der Waals surface area contributed by atoms with Gasteiger partial charge in [-0.15, -0.1) is 0 Å². The van der Waals surface area contributed by atoms with Crippen LogP contribution in [0.4, 0.5) is 17.5 Å². The largest absolute Gasteiger partial charge is 0.496 e. The second-order valence-corrected chi connectivity index (χ2v) is 4.05. The lowest BCUT2D eigenvalue weighted by Crippen LogP contribution is -2.04. The third-order valence-electron chi connectivity index (χ3n) is 2.76. The number of anilines is 3. The van der Waals surface area contributed by atoms with Gasteiger partial charge in [-0.2, -0.15) is 4.98 Å². The van der Waals surface area contributed by atoms with Crippen LogP contribution in [-0.4, -0.2) is 23.6 Å². The van der Waals surface area contributed by atoms with Crippen LogP contribution in [0, 0.1) is 6.92 Å². The summed E-state index contributed by atoms with van der Waals surface area (Å²) < 4.78 is 5.30. The normalized spacial score (nSPS) is 10.1. The quantitative estimate of drug-likeness (QED) is 0.863. The Kier molecular flexibility index (Phi) is 4.18. The van der Waals surface area contributed by atoms with Gasteiger partial charge in [0.2, 0.25) is 5.95 Å². The predicted molar refractivity (Wildman–Crippen MR) is 77.2 cm³/mol. The highest BCUT2D eigenvalue weighted by molar-refractivity contribution is 5.64. The Morgan fingerprint density at radius 2 is 2.11 bits per heavy atom. The van der Waals surface area contributed by atoms with Crippen molar-refractivity contribution < 1.29 is 4.74 Å². The number of methoxy groups -OCH3 is 1. The lowest BCUT2D eigenvalue weighted by molar-refractivity contribution is 0.412. The van der Waals surface area contributed by atoms with E-state index in [1.165, 1.54) is 0 Å². The second-order valence-electron chi connectivity index (χ2n) is 4.05. The van der Waals surface area contributed by atoms with E-state index in [9.17, 15) is 0 Å². The van der Waals surface area contributed by atoms with Crippen molar-refractivity contribution >= 4 is 17.5 Å². The molecule has 0 radical (unpaired) electrons. The van der Waals surface area contributed by atoms with Crippen molar-refractivity contribution in [1.29, 1.82) is 0 Å². The molecule has 1 aromatic carbocycles. The van der Waals surface area contributed by atoms with E-state index in [-0.39, 0.29) is 0 Å². The van der Waals surface area contributed by atoms with Crippen molar-refractivity contribution in [1.82, 2.24) is 9.97 Å². The van der Waals surface area contributed by atoms with Gasteiger partial charge in [-0.05, 0) is 32.0 Å². The van der Waals surface area contributed by atoms with E-state index in [1.807, 2.05) is 38.1 Å². The number of aromatic nitrogens is 2. The Morgan fingerprint density at radius 1 is 1.26 bits per heavy atom. The summed E-state index contributed by atoms with van der Waals surface area (Å²) in [6, 6.07) is 7.71. The molecule has 1 heterocycles. The lowest BCUT2D eigenvalue weighted by atomic mass is 10.2. The van der Waals surface area contributed by atoms with Crippen molar-refractivity contribution in [3.05, 3.63) is 36.0 Å². The van der Waals surface area contributed by atoms with Gasteiger partial charge in [-0.1, -0.05) is 6.07 Å². The van der Waals surface area contributed by atoms with Gasteiger partial charge in [-0.25, -0.2) is 4.98 Å². The molecule has 0 aliphatic heterocycles. The minimum Gasteiger partial charge on any atom is -0.496 e. The van der Waals surface area contributed by atoms with Crippen LogP contribution in [0.5, 0.6) is 5.75 Å². The van der Waals surface area contributed by atoms with Gasteiger partial charge in [0.25, 0.3) is 0 Å². The fourth-order valence-electron chi connectivity index (χ4n) is 1.78. The van der Waals surface area contributed by atoms with Gasteiger partial charge in [0, 0.05) is 24.0 Å². The average Bonchev–Trinajstić information content (AvgIpc) is 2.42. The highest BCUT2D eigenvalue weighted by Gasteiger charge is 2.05. The molecular formula is C14H18N4O. The molecule has 0 aliphatic rings. The van der Waals surface area contributed by atoms with Crippen LogP contribution in [0.25, 0.3) is 0 Å². The van der Waals surface area contributed by atoms with Crippen LogP contribution < -0.4 is 15.4 Å². The van der Waals surface area contributed by atoms with Crippen molar-refractivity contribution in [2.45, 2.75) is 13.8 Å². The van der Waals surface area contributed by atoms with E-state index < -0.39 is 0 Å². The van der Waals surface area contributed by atoms with E-state index in [4.69, 9.17) is 4.74 Å². The van der Waals surface area contributed by atoms with Crippen molar-refractivity contribution in [3.8, 4) is 5.75 Å². The maximum Gasteiger partial charge on any atom is 0.224 e. The molecule has 0 atom stereocenters. The van der Waals surface area contributed by atoms with Crippen LogP contribution in [0.15, 0.2) is 30.5 Å². The number of nitrogens with zero attached hydrogens (tertiary/aromatic N) is 2. The lowest BCUT2D eigenvalue weighted by Gasteiger charge is -2.12. The monoisotopic (exact) mass is 258 g/mol. The molecule has 19 heavy (non-hydrogen) atoms. The number of hydrogen-bond acceptors (Lipinski definition) is 5. The smallest absolute Gasteiger partial charge is 0.224 e. The number of ether oxygens (including phenoxy) is 1. The van der Waals surface area contributed by atoms with Crippen LogP contribution in [-0.2, 0) is 0 Å². The van der Waals surface area contributed by atoms with E-state index in [0.717, 1.165) is 29.4 Å². The van der Waals surface area contributed by atoms with Crippen molar-refractivity contribution in [2.75, 3.05) is 24.3 Å². The maximum absolute atomic E-state index is 5.30. The fraction of sp³-hybridized carbons (Fsp3) is 0.286. The molecule has 0 bridgehead atoms. The Hall–Kier alpha value is -2.30. The molecule has 0 unspecified atom stereocenters. The highest BCUT2D eigenvalue weighted by Crippen LogP contribution is 2.27.